The van der Waals surface area contributed by atoms with Gasteiger partial charge in [-0.25, -0.2) is 12.7 Å². The first-order valence-corrected chi connectivity index (χ1v) is 9.43. The van der Waals surface area contributed by atoms with Crippen molar-refractivity contribution in [3.8, 4) is 0 Å². The van der Waals surface area contributed by atoms with E-state index in [9.17, 15) is 13.5 Å². The molecule has 2 heterocycles. The van der Waals surface area contributed by atoms with Gasteiger partial charge in [-0.1, -0.05) is 20.3 Å². The smallest absolute Gasteiger partial charge is 0.217 e. The summed E-state index contributed by atoms with van der Waals surface area (Å²) in [4.78, 5) is 2.04. The third-order valence-corrected chi connectivity index (χ3v) is 7.13. The molecule has 2 rings (SSSR count). The van der Waals surface area contributed by atoms with Gasteiger partial charge in [0.25, 0.3) is 0 Å². The van der Waals surface area contributed by atoms with Gasteiger partial charge < -0.3 is 5.11 Å². The monoisotopic (exact) mass is 304 g/mol. The van der Waals surface area contributed by atoms with Crippen LogP contribution < -0.4 is 0 Å². The summed E-state index contributed by atoms with van der Waals surface area (Å²) in [5, 5.41) is 9.50. The van der Waals surface area contributed by atoms with Crippen LogP contribution in [0.5, 0.6) is 0 Å². The summed E-state index contributed by atoms with van der Waals surface area (Å²) >= 11 is 0. The van der Waals surface area contributed by atoms with Gasteiger partial charge in [-0.05, 0) is 25.7 Å². The highest BCUT2D eigenvalue weighted by Crippen LogP contribution is 2.29. The van der Waals surface area contributed by atoms with Crippen molar-refractivity contribution < 1.29 is 13.5 Å². The molecule has 5 nitrogen and oxygen atoms in total. The van der Waals surface area contributed by atoms with Crippen molar-refractivity contribution in [3.63, 3.8) is 0 Å². The second kappa shape index (κ2) is 6.73. The molecule has 2 aliphatic heterocycles. The number of aliphatic hydroxyl groups is 1. The predicted octanol–water partition coefficient (Wildman–Crippen LogP) is 1.38. The Morgan fingerprint density at radius 2 is 1.95 bits per heavy atom. The molecular formula is C14H28N2O3S. The van der Waals surface area contributed by atoms with Crippen molar-refractivity contribution in [3.05, 3.63) is 0 Å². The van der Waals surface area contributed by atoms with Crippen LogP contribution in [0, 0.1) is 0 Å². The molecule has 2 fully saturated rings. The van der Waals surface area contributed by atoms with Gasteiger partial charge >= 0.3 is 0 Å². The quantitative estimate of drug-likeness (QED) is 0.833. The summed E-state index contributed by atoms with van der Waals surface area (Å²) in [6.45, 7) is 6.09. The fourth-order valence-electron chi connectivity index (χ4n) is 3.37. The number of hydrogen-bond donors (Lipinski definition) is 1. The molecule has 0 saturated carbocycles. The number of hydrogen-bond acceptors (Lipinski definition) is 4. The highest BCUT2D eigenvalue weighted by Gasteiger charge is 2.41. The molecule has 1 N–H and O–H groups in total. The minimum absolute atomic E-state index is 0.208. The molecule has 0 bridgehead atoms. The van der Waals surface area contributed by atoms with Crippen molar-refractivity contribution in [2.45, 2.75) is 69.9 Å². The van der Waals surface area contributed by atoms with E-state index >= 15 is 0 Å². The van der Waals surface area contributed by atoms with Gasteiger partial charge in [-0.2, -0.15) is 0 Å². The average molecular weight is 304 g/mol. The Labute approximate surface area is 123 Å². The van der Waals surface area contributed by atoms with Gasteiger partial charge in [-0.3, -0.25) is 4.90 Å². The summed E-state index contributed by atoms with van der Waals surface area (Å²) in [5.41, 5.74) is 0. The lowest BCUT2D eigenvalue weighted by Gasteiger charge is -2.48. The largest absolute Gasteiger partial charge is 0.378 e. The van der Waals surface area contributed by atoms with Gasteiger partial charge in [0.1, 0.15) is 6.23 Å². The molecule has 0 aromatic carbocycles. The van der Waals surface area contributed by atoms with Gasteiger partial charge in [0.05, 0.1) is 5.25 Å². The summed E-state index contributed by atoms with van der Waals surface area (Å²) in [7, 11) is -3.19. The lowest BCUT2D eigenvalue weighted by Crippen LogP contribution is -2.62. The fraction of sp³-hybridized carbons (Fsp3) is 1.00. The van der Waals surface area contributed by atoms with Crippen LogP contribution in [0.1, 0.15) is 52.4 Å². The number of sulfonamides is 1. The van der Waals surface area contributed by atoms with Crippen molar-refractivity contribution >= 4 is 10.0 Å². The Morgan fingerprint density at radius 3 is 2.55 bits per heavy atom. The normalized spacial score (nSPS) is 30.9. The first-order valence-electron chi connectivity index (χ1n) is 7.93. The van der Waals surface area contributed by atoms with Crippen molar-refractivity contribution in [1.82, 2.24) is 9.21 Å². The average Bonchev–Trinajstić information content (AvgIpc) is 2.38. The third-order valence-electron chi connectivity index (χ3n) is 4.67. The lowest BCUT2D eigenvalue weighted by atomic mass is 9.98. The van der Waals surface area contributed by atoms with Crippen LogP contribution >= 0.6 is 0 Å². The minimum atomic E-state index is -3.19. The maximum Gasteiger partial charge on any atom is 0.217 e. The molecule has 0 spiro atoms. The summed E-state index contributed by atoms with van der Waals surface area (Å²) in [5.74, 6) is 0. The van der Waals surface area contributed by atoms with Gasteiger partial charge in [0, 0.05) is 32.1 Å². The topological polar surface area (TPSA) is 60.9 Å². The van der Waals surface area contributed by atoms with Crippen LogP contribution in [-0.2, 0) is 10.0 Å². The molecule has 0 aromatic heterocycles. The van der Waals surface area contributed by atoms with E-state index in [0.29, 0.717) is 25.9 Å². The Morgan fingerprint density at radius 1 is 1.25 bits per heavy atom. The van der Waals surface area contributed by atoms with Crippen LogP contribution in [0.3, 0.4) is 0 Å². The number of fused-ring (bicyclic) bond motifs is 1. The van der Waals surface area contributed by atoms with E-state index in [1.54, 1.807) is 4.31 Å². The third kappa shape index (κ3) is 3.18. The number of aliphatic hydroxyl groups excluding tert-OH is 1. The standard InChI is InChI=1S/C14H28N2O3S/c1-3-7-13(4-2)20(18,19)15-8-5-6-9-16-12(11-15)10-14(16)17/h12-14,17H,3-11H2,1-2H3/t12-,13?,14-/m1/s1. The second-order valence-corrected chi connectivity index (χ2v) is 8.25. The van der Waals surface area contributed by atoms with E-state index < -0.39 is 10.0 Å². The van der Waals surface area contributed by atoms with Crippen molar-refractivity contribution in [2.24, 2.45) is 0 Å². The molecule has 2 aliphatic rings. The van der Waals surface area contributed by atoms with Gasteiger partial charge in [-0.15, -0.1) is 0 Å². The van der Waals surface area contributed by atoms with E-state index in [4.69, 9.17) is 0 Å². The van der Waals surface area contributed by atoms with Crippen LogP contribution in [0.4, 0.5) is 0 Å². The summed E-state index contributed by atoms with van der Waals surface area (Å²) in [6, 6.07) is 0.208. The van der Waals surface area contributed by atoms with E-state index in [0.717, 1.165) is 32.2 Å². The molecule has 118 valence electrons. The summed E-state index contributed by atoms with van der Waals surface area (Å²) in [6.07, 6.45) is 4.52. The molecule has 6 heteroatoms. The summed E-state index contributed by atoms with van der Waals surface area (Å²) < 4.78 is 27.2. The van der Waals surface area contributed by atoms with Crippen LogP contribution in [0.2, 0.25) is 0 Å². The second-order valence-electron chi connectivity index (χ2n) is 6.04. The van der Waals surface area contributed by atoms with E-state index in [-0.39, 0.29) is 17.5 Å². The molecule has 20 heavy (non-hydrogen) atoms. The fourth-order valence-corrected chi connectivity index (χ4v) is 5.51. The highest BCUT2D eigenvalue weighted by atomic mass is 32.2. The molecule has 1 unspecified atom stereocenters. The lowest BCUT2D eigenvalue weighted by molar-refractivity contribution is -0.126. The van der Waals surface area contributed by atoms with Gasteiger partial charge in [0.2, 0.25) is 10.0 Å². The molecule has 3 atom stereocenters. The highest BCUT2D eigenvalue weighted by molar-refractivity contribution is 7.89. The van der Waals surface area contributed by atoms with Crippen molar-refractivity contribution in [1.29, 1.82) is 0 Å². The first kappa shape index (κ1) is 16.2. The molecular weight excluding hydrogens is 276 g/mol. The zero-order valence-electron chi connectivity index (χ0n) is 12.7. The van der Waals surface area contributed by atoms with E-state index in [2.05, 4.69) is 0 Å². The maximum atomic E-state index is 12.8. The Balaban J connectivity index is 2.09. The Kier molecular flexibility index (Phi) is 5.45. The zero-order chi connectivity index (χ0) is 14.8. The SMILES string of the molecule is CCCC(CC)S(=O)(=O)N1CCCCN2[C@H](C[C@H]2O)C1. The van der Waals surface area contributed by atoms with Crippen molar-refractivity contribution in [2.75, 3.05) is 19.6 Å². The predicted molar refractivity (Wildman–Crippen MR) is 79.8 cm³/mol. The zero-order valence-corrected chi connectivity index (χ0v) is 13.5. The maximum absolute atomic E-state index is 12.8. The number of rotatable bonds is 5. The Hall–Kier alpha value is -0.170. The van der Waals surface area contributed by atoms with E-state index in [1.165, 1.54) is 0 Å². The number of nitrogens with zero attached hydrogens (tertiary/aromatic N) is 2. The molecule has 0 radical (unpaired) electrons. The minimum Gasteiger partial charge on any atom is -0.378 e. The Bertz CT molecular complexity index is 413. The van der Waals surface area contributed by atoms with Crippen LogP contribution in [-0.4, -0.2) is 59.9 Å². The first-order chi connectivity index (χ1) is 9.50. The van der Waals surface area contributed by atoms with Crippen LogP contribution in [0.15, 0.2) is 0 Å². The molecule has 0 aromatic rings. The van der Waals surface area contributed by atoms with E-state index in [1.807, 2.05) is 18.7 Å². The van der Waals surface area contributed by atoms with Crippen LogP contribution in [0.25, 0.3) is 0 Å². The molecule has 0 amide bonds. The molecule has 2 saturated heterocycles. The van der Waals surface area contributed by atoms with Gasteiger partial charge in [0.15, 0.2) is 0 Å². The molecule has 0 aliphatic carbocycles.